The van der Waals surface area contributed by atoms with E-state index in [0.717, 1.165) is 18.5 Å². The molecular formula is C16H23IN4. The number of aromatic nitrogens is 1. The van der Waals surface area contributed by atoms with Crippen LogP contribution < -0.4 is 11.1 Å². The van der Waals surface area contributed by atoms with Crippen LogP contribution in [-0.2, 0) is 6.42 Å². The highest BCUT2D eigenvalue weighted by atomic mass is 127. The van der Waals surface area contributed by atoms with Gasteiger partial charge in [0.2, 0.25) is 0 Å². The first-order valence-electron chi connectivity index (χ1n) is 6.81. The Kier molecular flexibility index (Phi) is 6.74. The van der Waals surface area contributed by atoms with Crippen LogP contribution in [0, 0.1) is 6.92 Å². The number of aryl methyl sites for hydroxylation is 1. The highest BCUT2D eigenvalue weighted by molar-refractivity contribution is 14.0. The van der Waals surface area contributed by atoms with E-state index in [0.29, 0.717) is 12.5 Å². The lowest BCUT2D eigenvalue weighted by Crippen LogP contribution is -2.33. The number of H-pyrrole nitrogens is 1. The number of fused-ring (bicyclic) bond motifs is 1. The van der Waals surface area contributed by atoms with Crippen molar-refractivity contribution in [1.29, 1.82) is 0 Å². The number of nitrogens with zero attached hydrogens (tertiary/aromatic N) is 1. The molecule has 0 saturated heterocycles. The summed E-state index contributed by atoms with van der Waals surface area (Å²) < 4.78 is 0. The normalized spacial score (nSPS) is 11.2. The van der Waals surface area contributed by atoms with Crippen LogP contribution >= 0.6 is 24.0 Å². The van der Waals surface area contributed by atoms with Crippen molar-refractivity contribution < 1.29 is 0 Å². The van der Waals surface area contributed by atoms with Crippen LogP contribution in [0.25, 0.3) is 10.9 Å². The van der Waals surface area contributed by atoms with E-state index in [2.05, 4.69) is 53.2 Å². The molecule has 114 valence electrons. The van der Waals surface area contributed by atoms with Crippen molar-refractivity contribution >= 4 is 40.8 Å². The maximum Gasteiger partial charge on any atom is 0.188 e. The molecule has 0 spiro atoms. The van der Waals surface area contributed by atoms with Crippen LogP contribution in [0.2, 0.25) is 0 Å². The van der Waals surface area contributed by atoms with Crippen LogP contribution in [0.3, 0.4) is 0 Å². The second-order valence-corrected chi connectivity index (χ2v) is 5.15. The maximum absolute atomic E-state index is 5.79. The summed E-state index contributed by atoms with van der Waals surface area (Å²) in [6.07, 6.45) is 2.98. The number of aliphatic imine (C=N–C) groups is 1. The highest BCUT2D eigenvalue weighted by Gasteiger charge is 2.04. The molecule has 0 bridgehead atoms. The van der Waals surface area contributed by atoms with Crippen molar-refractivity contribution in [2.75, 3.05) is 13.1 Å². The van der Waals surface area contributed by atoms with E-state index < -0.39 is 0 Å². The van der Waals surface area contributed by atoms with E-state index in [1.54, 1.807) is 0 Å². The minimum absolute atomic E-state index is 0. The Hall–Kier alpha value is -1.50. The van der Waals surface area contributed by atoms with Crippen molar-refractivity contribution in [3.63, 3.8) is 0 Å². The first-order chi connectivity index (χ1) is 9.58. The smallest absolute Gasteiger partial charge is 0.188 e. The van der Waals surface area contributed by atoms with Gasteiger partial charge in [0.05, 0.1) is 6.54 Å². The van der Waals surface area contributed by atoms with Gasteiger partial charge in [0, 0.05) is 23.6 Å². The number of nitrogens with one attached hydrogen (secondary N) is 2. The summed E-state index contributed by atoms with van der Waals surface area (Å²) in [5.74, 6) is 0.476. The zero-order valence-corrected chi connectivity index (χ0v) is 14.9. The number of hydrogen-bond acceptors (Lipinski definition) is 1. The average molecular weight is 398 g/mol. The molecule has 21 heavy (non-hydrogen) atoms. The standard InChI is InChI=1S/C16H22N4.HI/c1-11(2)9-20-16(17)18-8-7-13-10-19-15-12(3)5-4-6-14(13)15;/h4-6,10,19H,1,7-9H2,2-3H3,(H3,17,18,20);1H. The molecule has 0 aliphatic carbocycles. The minimum Gasteiger partial charge on any atom is -0.370 e. The minimum atomic E-state index is 0. The topological polar surface area (TPSA) is 66.2 Å². The molecule has 0 unspecified atom stereocenters. The Balaban J connectivity index is 0.00000220. The molecule has 5 heteroatoms. The monoisotopic (exact) mass is 398 g/mol. The van der Waals surface area contributed by atoms with E-state index in [1.807, 2.05) is 6.92 Å². The summed E-state index contributed by atoms with van der Waals surface area (Å²) >= 11 is 0. The summed E-state index contributed by atoms with van der Waals surface area (Å²) in [7, 11) is 0. The average Bonchev–Trinajstić information content (AvgIpc) is 2.81. The molecule has 4 nitrogen and oxygen atoms in total. The number of nitrogens with two attached hydrogens (primary N) is 1. The van der Waals surface area contributed by atoms with Crippen molar-refractivity contribution in [2.24, 2.45) is 10.7 Å². The molecular weight excluding hydrogens is 375 g/mol. The highest BCUT2D eigenvalue weighted by Crippen LogP contribution is 2.21. The number of rotatable bonds is 5. The van der Waals surface area contributed by atoms with Gasteiger partial charge < -0.3 is 16.0 Å². The van der Waals surface area contributed by atoms with Gasteiger partial charge in [-0.3, -0.25) is 0 Å². The molecule has 0 aliphatic heterocycles. The molecule has 0 atom stereocenters. The Morgan fingerprint density at radius 3 is 2.90 bits per heavy atom. The van der Waals surface area contributed by atoms with E-state index >= 15 is 0 Å². The second-order valence-electron chi connectivity index (χ2n) is 5.15. The molecule has 2 aromatic rings. The summed E-state index contributed by atoms with van der Waals surface area (Å²) in [5, 5.41) is 4.41. The fraction of sp³-hybridized carbons (Fsp3) is 0.312. The number of benzene rings is 1. The maximum atomic E-state index is 5.79. The van der Waals surface area contributed by atoms with Crippen LogP contribution in [-0.4, -0.2) is 24.0 Å². The molecule has 1 heterocycles. The van der Waals surface area contributed by atoms with Crippen molar-refractivity contribution in [3.05, 3.63) is 47.7 Å². The third-order valence-electron chi connectivity index (χ3n) is 3.23. The SMILES string of the molecule is C=C(C)CN=C(N)NCCc1c[nH]c2c(C)cccc12.I. The Morgan fingerprint density at radius 2 is 2.19 bits per heavy atom. The number of hydrogen-bond donors (Lipinski definition) is 3. The fourth-order valence-electron chi connectivity index (χ4n) is 2.17. The van der Waals surface area contributed by atoms with Crippen LogP contribution in [0.15, 0.2) is 41.5 Å². The largest absolute Gasteiger partial charge is 0.370 e. The molecule has 1 aromatic heterocycles. The summed E-state index contributed by atoms with van der Waals surface area (Å²) in [5.41, 5.74) is 10.6. The number of halogens is 1. The van der Waals surface area contributed by atoms with Gasteiger partial charge in [-0.15, -0.1) is 24.0 Å². The van der Waals surface area contributed by atoms with Crippen LogP contribution in [0.4, 0.5) is 0 Å². The predicted octanol–water partition coefficient (Wildman–Crippen LogP) is 3.12. The molecule has 0 radical (unpaired) electrons. The molecule has 2 rings (SSSR count). The van der Waals surface area contributed by atoms with Gasteiger partial charge in [0.25, 0.3) is 0 Å². The number of guanidine groups is 1. The third kappa shape index (κ3) is 4.77. The molecule has 0 saturated carbocycles. The quantitative estimate of drug-likeness (QED) is 0.314. The van der Waals surface area contributed by atoms with Gasteiger partial charge in [-0.05, 0) is 31.4 Å². The van der Waals surface area contributed by atoms with Crippen molar-refractivity contribution in [1.82, 2.24) is 10.3 Å². The fourth-order valence-corrected chi connectivity index (χ4v) is 2.17. The first kappa shape index (κ1) is 17.6. The number of aromatic amines is 1. The first-order valence-corrected chi connectivity index (χ1v) is 6.81. The zero-order valence-electron chi connectivity index (χ0n) is 12.6. The van der Waals surface area contributed by atoms with Crippen molar-refractivity contribution in [2.45, 2.75) is 20.3 Å². The Morgan fingerprint density at radius 1 is 1.43 bits per heavy atom. The lowest BCUT2D eigenvalue weighted by molar-refractivity contribution is 0.856. The third-order valence-corrected chi connectivity index (χ3v) is 3.23. The molecule has 0 fully saturated rings. The van der Waals surface area contributed by atoms with E-state index in [4.69, 9.17) is 5.73 Å². The van der Waals surface area contributed by atoms with Crippen LogP contribution in [0.5, 0.6) is 0 Å². The van der Waals surface area contributed by atoms with E-state index in [1.165, 1.54) is 22.0 Å². The van der Waals surface area contributed by atoms with Gasteiger partial charge in [0.15, 0.2) is 5.96 Å². The van der Waals surface area contributed by atoms with Gasteiger partial charge in [-0.1, -0.05) is 30.4 Å². The number of para-hydroxylation sites is 1. The molecule has 4 N–H and O–H groups in total. The second kappa shape index (κ2) is 8.07. The molecule has 0 aliphatic rings. The van der Waals surface area contributed by atoms with E-state index in [-0.39, 0.29) is 24.0 Å². The van der Waals surface area contributed by atoms with E-state index in [9.17, 15) is 0 Å². The lowest BCUT2D eigenvalue weighted by Gasteiger charge is -2.05. The Bertz CT molecular complexity index is 643. The van der Waals surface area contributed by atoms with Gasteiger partial charge in [0.1, 0.15) is 0 Å². The van der Waals surface area contributed by atoms with Crippen LogP contribution in [0.1, 0.15) is 18.1 Å². The molecule has 0 amide bonds. The Labute approximate surface area is 142 Å². The van der Waals surface area contributed by atoms with Gasteiger partial charge in [-0.25, -0.2) is 4.99 Å². The summed E-state index contributed by atoms with van der Waals surface area (Å²) in [4.78, 5) is 7.53. The molecule has 1 aromatic carbocycles. The van der Waals surface area contributed by atoms with Gasteiger partial charge >= 0.3 is 0 Å². The summed E-state index contributed by atoms with van der Waals surface area (Å²) in [6.45, 7) is 9.19. The lowest BCUT2D eigenvalue weighted by atomic mass is 10.1. The zero-order chi connectivity index (χ0) is 14.5. The van der Waals surface area contributed by atoms with Crippen molar-refractivity contribution in [3.8, 4) is 0 Å². The van der Waals surface area contributed by atoms with Gasteiger partial charge in [-0.2, -0.15) is 0 Å². The predicted molar refractivity (Wildman–Crippen MR) is 101 cm³/mol. The summed E-state index contributed by atoms with van der Waals surface area (Å²) in [6, 6.07) is 6.35.